The summed E-state index contributed by atoms with van der Waals surface area (Å²) in [6, 6.07) is 3.84. The minimum absolute atomic E-state index is 0.0674. The molecule has 1 rings (SSSR count). The van der Waals surface area contributed by atoms with Gasteiger partial charge in [0, 0.05) is 19.2 Å². The monoisotopic (exact) mass is 282 g/mol. The van der Waals surface area contributed by atoms with Crippen molar-refractivity contribution in [1.29, 1.82) is 0 Å². The Morgan fingerprint density at radius 1 is 1.55 bits per heavy atom. The maximum Gasteiger partial charge on any atom is 0.273 e. The van der Waals surface area contributed by atoms with Crippen LogP contribution in [0.4, 0.5) is 5.69 Å². The lowest BCUT2D eigenvalue weighted by atomic mass is 10.1. The molecule has 20 heavy (non-hydrogen) atoms. The molecule has 0 aliphatic carbocycles. The lowest BCUT2D eigenvalue weighted by Gasteiger charge is -2.12. The SMILES string of the molecule is COc1cc([N+](=O)[O-])ccc1C(=O)NCC(C)CCO. The Bertz CT molecular complexity index is 490. The minimum Gasteiger partial charge on any atom is -0.496 e. The number of aliphatic hydroxyl groups excluding tert-OH is 1. The number of aliphatic hydroxyl groups is 1. The molecule has 1 aromatic rings. The molecule has 0 saturated carbocycles. The van der Waals surface area contributed by atoms with Crippen molar-refractivity contribution in [2.45, 2.75) is 13.3 Å². The highest BCUT2D eigenvalue weighted by Crippen LogP contribution is 2.24. The number of nitro benzene ring substituents is 1. The van der Waals surface area contributed by atoms with Gasteiger partial charge in [-0.3, -0.25) is 14.9 Å². The van der Waals surface area contributed by atoms with Crippen LogP contribution in [0, 0.1) is 16.0 Å². The van der Waals surface area contributed by atoms with E-state index in [-0.39, 0.29) is 35.4 Å². The highest BCUT2D eigenvalue weighted by Gasteiger charge is 2.17. The summed E-state index contributed by atoms with van der Waals surface area (Å²) >= 11 is 0. The van der Waals surface area contributed by atoms with Crippen molar-refractivity contribution in [1.82, 2.24) is 5.32 Å². The Morgan fingerprint density at radius 2 is 2.25 bits per heavy atom. The minimum atomic E-state index is -0.548. The van der Waals surface area contributed by atoms with E-state index in [1.54, 1.807) is 0 Å². The molecular formula is C13H18N2O5. The number of ether oxygens (including phenoxy) is 1. The van der Waals surface area contributed by atoms with Gasteiger partial charge in [0.05, 0.1) is 23.7 Å². The van der Waals surface area contributed by atoms with Gasteiger partial charge < -0.3 is 15.2 Å². The van der Waals surface area contributed by atoms with E-state index in [0.29, 0.717) is 13.0 Å². The fraction of sp³-hybridized carbons (Fsp3) is 0.462. The Kier molecular flexibility index (Phi) is 5.92. The predicted octanol–water partition coefficient (Wildman–Crippen LogP) is 1.35. The van der Waals surface area contributed by atoms with Gasteiger partial charge in [-0.2, -0.15) is 0 Å². The molecule has 0 aromatic heterocycles. The van der Waals surface area contributed by atoms with Gasteiger partial charge in [0.2, 0.25) is 0 Å². The number of carbonyl (C=O) groups excluding carboxylic acids is 1. The molecule has 2 N–H and O–H groups in total. The van der Waals surface area contributed by atoms with Gasteiger partial charge in [-0.15, -0.1) is 0 Å². The molecule has 7 heteroatoms. The molecule has 1 unspecified atom stereocenters. The van der Waals surface area contributed by atoms with Crippen molar-refractivity contribution in [2.75, 3.05) is 20.3 Å². The molecule has 0 aliphatic heterocycles. The normalized spacial score (nSPS) is 11.8. The Labute approximate surface area is 116 Å². The Hall–Kier alpha value is -2.15. The first-order chi connectivity index (χ1) is 9.49. The average Bonchev–Trinajstić information content (AvgIpc) is 2.44. The average molecular weight is 282 g/mol. The number of nitrogens with zero attached hydrogens (tertiary/aromatic N) is 1. The molecule has 0 fully saturated rings. The molecule has 0 bridgehead atoms. The van der Waals surface area contributed by atoms with Crippen molar-refractivity contribution in [3.05, 3.63) is 33.9 Å². The third-order valence-electron chi connectivity index (χ3n) is 2.87. The molecule has 0 aliphatic rings. The summed E-state index contributed by atoms with van der Waals surface area (Å²) in [4.78, 5) is 22.1. The fourth-order valence-electron chi connectivity index (χ4n) is 1.67. The van der Waals surface area contributed by atoms with E-state index in [4.69, 9.17) is 9.84 Å². The number of carbonyl (C=O) groups is 1. The van der Waals surface area contributed by atoms with Gasteiger partial charge in [0.1, 0.15) is 5.75 Å². The lowest BCUT2D eigenvalue weighted by Crippen LogP contribution is -2.29. The number of non-ortho nitro benzene ring substituents is 1. The van der Waals surface area contributed by atoms with Crippen molar-refractivity contribution < 1.29 is 19.6 Å². The smallest absolute Gasteiger partial charge is 0.273 e. The molecule has 1 amide bonds. The Morgan fingerprint density at radius 3 is 2.80 bits per heavy atom. The molecule has 7 nitrogen and oxygen atoms in total. The second kappa shape index (κ2) is 7.44. The zero-order valence-corrected chi connectivity index (χ0v) is 11.5. The zero-order valence-electron chi connectivity index (χ0n) is 11.5. The van der Waals surface area contributed by atoms with Gasteiger partial charge in [0.15, 0.2) is 0 Å². The summed E-state index contributed by atoms with van der Waals surface area (Å²) in [5.41, 5.74) is 0.112. The lowest BCUT2D eigenvalue weighted by molar-refractivity contribution is -0.384. The molecule has 0 spiro atoms. The Balaban J connectivity index is 2.79. The van der Waals surface area contributed by atoms with Crippen molar-refractivity contribution in [3.63, 3.8) is 0 Å². The molecule has 0 saturated heterocycles. The van der Waals surface area contributed by atoms with E-state index in [1.165, 1.54) is 25.3 Å². The first kappa shape index (κ1) is 15.9. The van der Waals surface area contributed by atoms with E-state index < -0.39 is 4.92 Å². The number of benzene rings is 1. The van der Waals surface area contributed by atoms with E-state index in [1.807, 2.05) is 6.92 Å². The van der Waals surface area contributed by atoms with Gasteiger partial charge >= 0.3 is 0 Å². The molecular weight excluding hydrogens is 264 g/mol. The second-order valence-corrected chi connectivity index (χ2v) is 4.47. The summed E-state index contributed by atoms with van der Waals surface area (Å²) in [6.07, 6.45) is 0.595. The second-order valence-electron chi connectivity index (χ2n) is 4.47. The van der Waals surface area contributed by atoms with Gasteiger partial charge in [-0.25, -0.2) is 0 Å². The standard InChI is InChI=1S/C13H18N2O5/c1-9(5-6-16)8-14-13(17)11-4-3-10(15(18)19)7-12(11)20-2/h3-4,7,9,16H,5-6,8H2,1-2H3,(H,14,17). The number of nitrogens with one attached hydrogen (secondary N) is 1. The van der Waals surface area contributed by atoms with E-state index in [9.17, 15) is 14.9 Å². The maximum absolute atomic E-state index is 12.0. The first-order valence-electron chi connectivity index (χ1n) is 6.21. The third-order valence-corrected chi connectivity index (χ3v) is 2.87. The third kappa shape index (κ3) is 4.20. The maximum atomic E-state index is 12.0. The van der Waals surface area contributed by atoms with E-state index in [2.05, 4.69) is 5.32 Å². The van der Waals surface area contributed by atoms with Gasteiger partial charge in [-0.1, -0.05) is 6.92 Å². The van der Waals surface area contributed by atoms with Crippen LogP contribution in [0.1, 0.15) is 23.7 Å². The quantitative estimate of drug-likeness (QED) is 0.580. The van der Waals surface area contributed by atoms with Crippen LogP contribution >= 0.6 is 0 Å². The number of methoxy groups -OCH3 is 1. The van der Waals surface area contributed by atoms with Crippen LogP contribution in [0.5, 0.6) is 5.75 Å². The topological polar surface area (TPSA) is 102 Å². The number of hydrogen-bond acceptors (Lipinski definition) is 5. The summed E-state index contributed by atoms with van der Waals surface area (Å²) in [5, 5.41) is 22.2. The zero-order chi connectivity index (χ0) is 15.1. The molecule has 1 atom stereocenters. The number of amides is 1. The highest BCUT2D eigenvalue weighted by atomic mass is 16.6. The van der Waals surface area contributed by atoms with Crippen LogP contribution in [0.3, 0.4) is 0 Å². The molecule has 110 valence electrons. The molecule has 0 heterocycles. The van der Waals surface area contributed by atoms with Crippen molar-refractivity contribution in [3.8, 4) is 5.75 Å². The summed E-state index contributed by atoms with van der Waals surface area (Å²) in [5.74, 6) is -0.0546. The largest absolute Gasteiger partial charge is 0.496 e. The van der Waals surface area contributed by atoms with Gasteiger partial charge in [-0.05, 0) is 18.4 Å². The van der Waals surface area contributed by atoms with Crippen LogP contribution in [0.2, 0.25) is 0 Å². The van der Waals surface area contributed by atoms with Crippen LogP contribution in [-0.4, -0.2) is 36.2 Å². The fourth-order valence-corrected chi connectivity index (χ4v) is 1.67. The predicted molar refractivity (Wildman–Crippen MR) is 72.8 cm³/mol. The van der Waals surface area contributed by atoms with Crippen LogP contribution in [0.25, 0.3) is 0 Å². The van der Waals surface area contributed by atoms with Crippen molar-refractivity contribution >= 4 is 11.6 Å². The van der Waals surface area contributed by atoms with Crippen LogP contribution in [-0.2, 0) is 0 Å². The molecule has 1 aromatic carbocycles. The summed E-state index contributed by atoms with van der Waals surface area (Å²) < 4.78 is 5.01. The summed E-state index contributed by atoms with van der Waals surface area (Å²) in [7, 11) is 1.35. The van der Waals surface area contributed by atoms with E-state index >= 15 is 0 Å². The van der Waals surface area contributed by atoms with Crippen LogP contribution < -0.4 is 10.1 Å². The highest BCUT2D eigenvalue weighted by molar-refractivity contribution is 5.97. The van der Waals surface area contributed by atoms with Crippen molar-refractivity contribution in [2.24, 2.45) is 5.92 Å². The summed E-state index contributed by atoms with van der Waals surface area (Å²) in [6.45, 7) is 2.39. The first-order valence-corrected chi connectivity index (χ1v) is 6.21. The number of rotatable bonds is 7. The van der Waals surface area contributed by atoms with Gasteiger partial charge in [0.25, 0.3) is 11.6 Å². The number of nitro groups is 1. The van der Waals surface area contributed by atoms with E-state index in [0.717, 1.165) is 0 Å². The molecule has 0 radical (unpaired) electrons. The number of hydrogen-bond donors (Lipinski definition) is 2. The van der Waals surface area contributed by atoms with Crippen LogP contribution in [0.15, 0.2) is 18.2 Å².